The van der Waals surface area contributed by atoms with Gasteiger partial charge in [-0.2, -0.15) is 0 Å². The van der Waals surface area contributed by atoms with Gasteiger partial charge in [0.05, 0.1) is 6.54 Å². The molecule has 2 aromatic rings. The van der Waals surface area contributed by atoms with Crippen molar-refractivity contribution in [2.24, 2.45) is 0 Å². The fourth-order valence-corrected chi connectivity index (χ4v) is 2.13. The maximum Gasteiger partial charge on any atom is 0.339 e. The molecule has 6 heteroatoms. The smallest absolute Gasteiger partial charge is 0.339 e. The van der Waals surface area contributed by atoms with Gasteiger partial charge in [0.1, 0.15) is 17.1 Å². The fourth-order valence-electron chi connectivity index (χ4n) is 1.96. The number of carbonyl (C=O) groups excluding carboxylic acids is 1. The summed E-state index contributed by atoms with van der Waals surface area (Å²) in [4.78, 5) is 23.0. The van der Waals surface area contributed by atoms with E-state index in [1.54, 1.807) is 32.0 Å². The molecule has 0 radical (unpaired) electrons. The zero-order valence-corrected chi connectivity index (χ0v) is 12.3. The summed E-state index contributed by atoms with van der Waals surface area (Å²) >= 11 is 5.97. The van der Waals surface area contributed by atoms with Crippen molar-refractivity contribution in [2.75, 3.05) is 0 Å². The van der Waals surface area contributed by atoms with Crippen molar-refractivity contribution in [3.05, 3.63) is 57.5 Å². The predicted octanol–water partition coefficient (Wildman–Crippen LogP) is 3.18. The molecule has 0 saturated heterocycles. The molecule has 0 saturated carbocycles. The number of hydrogen-bond acceptors (Lipinski definition) is 3. The lowest BCUT2D eigenvalue weighted by Crippen LogP contribution is -2.23. The van der Waals surface area contributed by atoms with Gasteiger partial charge in [0.25, 0.3) is 5.91 Å². The van der Waals surface area contributed by atoms with Crippen LogP contribution in [-0.2, 0) is 6.54 Å². The largest absolute Gasteiger partial charge is 0.478 e. The molecule has 0 aliphatic heterocycles. The number of carboxylic acid groups (broad SMARTS) is 1. The number of carbonyl (C=O) groups is 2. The highest BCUT2D eigenvalue weighted by Crippen LogP contribution is 2.19. The lowest BCUT2D eigenvalue weighted by molar-refractivity contribution is 0.0694. The summed E-state index contributed by atoms with van der Waals surface area (Å²) in [6.45, 7) is 3.44. The average molecular weight is 308 g/mol. The van der Waals surface area contributed by atoms with Crippen LogP contribution >= 0.6 is 11.6 Å². The summed E-state index contributed by atoms with van der Waals surface area (Å²) in [6.07, 6.45) is 0. The van der Waals surface area contributed by atoms with Crippen molar-refractivity contribution in [1.29, 1.82) is 0 Å². The third kappa shape index (κ3) is 3.25. The van der Waals surface area contributed by atoms with Gasteiger partial charge in [0.2, 0.25) is 0 Å². The van der Waals surface area contributed by atoms with Crippen LogP contribution in [0, 0.1) is 13.8 Å². The Bertz CT molecular complexity index is 706. The van der Waals surface area contributed by atoms with Crippen molar-refractivity contribution in [3.8, 4) is 0 Å². The molecular weight excluding hydrogens is 294 g/mol. The first-order valence-corrected chi connectivity index (χ1v) is 6.64. The quantitative estimate of drug-likeness (QED) is 0.909. The molecule has 1 heterocycles. The number of nitrogens with one attached hydrogen (secondary N) is 1. The molecule has 1 aromatic heterocycles. The number of hydrogen-bond donors (Lipinski definition) is 2. The van der Waals surface area contributed by atoms with E-state index in [0.29, 0.717) is 27.7 Å². The zero-order valence-electron chi connectivity index (χ0n) is 11.6. The predicted molar refractivity (Wildman–Crippen MR) is 77.8 cm³/mol. The topological polar surface area (TPSA) is 79.5 Å². The lowest BCUT2D eigenvalue weighted by atomic mass is 10.1. The van der Waals surface area contributed by atoms with Gasteiger partial charge in [-0.1, -0.05) is 17.7 Å². The average Bonchev–Trinajstić information content (AvgIpc) is 2.80. The molecule has 2 N–H and O–H groups in total. The van der Waals surface area contributed by atoms with Gasteiger partial charge in [0, 0.05) is 10.6 Å². The summed E-state index contributed by atoms with van der Waals surface area (Å²) in [6, 6.07) is 6.49. The Kier molecular flexibility index (Phi) is 4.33. The van der Waals surface area contributed by atoms with Gasteiger partial charge in [-0.25, -0.2) is 4.79 Å². The van der Waals surface area contributed by atoms with Crippen molar-refractivity contribution >= 4 is 23.5 Å². The Morgan fingerprint density at radius 3 is 2.62 bits per heavy atom. The number of aryl methyl sites for hydroxylation is 1. The second-order valence-corrected chi connectivity index (χ2v) is 4.99. The van der Waals surface area contributed by atoms with E-state index in [2.05, 4.69) is 5.32 Å². The molecule has 1 amide bonds. The maximum absolute atomic E-state index is 12.1. The van der Waals surface area contributed by atoms with E-state index in [-0.39, 0.29) is 18.0 Å². The van der Waals surface area contributed by atoms with Gasteiger partial charge in [-0.3, -0.25) is 4.79 Å². The van der Waals surface area contributed by atoms with E-state index >= 15 is 0 Å². The van der Waals surface area contributed by atoms with Crippen LogP contribution in [0.4, 0.5) is 0 Å². The van der Waals surface area contributed by atoms with Gasteiger partial charge in [-0.05, 0) is 37.6 Å². The van der Waals surface area contributed by atoms with Crippen LogP contribution in [0.5, 0.6) is 0 Å². The third-order valence-corrected chi connectivity index (χ3v) is 3.54. The number of carboxylic acids is 1. The first kappa shape index (κ1) is 15.1. The zero-order chi connectivity index (χ0) is 15.6. The molecule has 110 valence electrons. The molecule has 0 aliphatic rings. The van der Waals surface area contributed by atoms with E-state index in [9.17, 15) is 9.59 Å². The second-order valence-electron chi connectivity index (χ2n) is 4.58. The Labute approximate surface area is 126 Å². The van der Waals surface area contributed by atoms with Crippen molar-refractivity contribution in [2.45, 2.75) is 20.4 Å². The Morgan fingerprint density at radius 2 is 2.00 bits per heavy atom. The molecule has 0 unspecified atom stereocenters. The van der Waals surface area contributed by atoms with E-state index in [0.717, 1.165) is 0 Å². The van der Waals surface area contributed by atoms with Gasteiger partial charge in [-0.15, -0.1) is 0 Å². The molecule has 0 spiro atoms. The van der Waals surface area contributed by atoms with Crippen LogP contribution in [-0.4, -0.2) is 17.0 Å². The standard InChI is InChI=1S/C15H14ClNO4/c1-8-11(4-3-5-13(8)16)14(18)17-7-10-6-12(15(19)20)9(2)21-10/h3-6H,7H2,1-2H3,(H,17,18)(H,19,20). The first-order chi connectivity index (χ1) is 9.90. The normalized spacial score (nSPS) is 10.4. The minimum Gasteiger partial charge on any atom is -0.478 e. The van der Waals surface area contributed by atoms with Gasteiger partial charge in [0.15, 0.2) is 0 Å². The van der Waals surface area contributed by atoms with Crippen LogP contribution in [0.1, 0.15) is 37.8 Å². The number of aromatic carboxylic acids is 1. The number of benzene rings is 1. The second kappa shape index (κ2) is 6.01. The number of rotatable bonds is 4. The van der Waals surface area contributed by atoms with Gasteiger partial charge >= 0.3 is 5.97 Å². The van der Waals surface area contributed by atoms with E-state index in [1.807, 2.05) is 0 Å². The van der Waals surface area contributed by atoms with Crippen molar-refractivity contribution < 1.29 is 19.1 Å². The van der Waals surface area contributed by atoms with Gasteiger partial charge < -0.3 is 14.8 Å². The summed E-state index contributed by atoms with van der Waals surface area (Å²) in [5, 5.41) is 12.1. The van der Waals surface area contributed by atoms with Crippen LogP contribution in [0.3, 0.4) is 0 Å². The molecule has 2 rings (SSSR count). The Hall–Kier alpha value is -2.27. The summed E-state index contributed by atoms with van der Waals surface area (Å²) < 4.78 is 5.29. The van der Waals surface area contributed by atoms with Crippen LogP contribution in [0.15, 0.2) is 28.7 Å². The molecule has 0 bridgehead atoms. The number of halogens is 1. The van der Waals surface area contributed by atoms with Crippen molar-refractivity contribution in [1.82, 2.24) is 5.32 Å². The molecule has 1 aromatic carbocycles. The van der Waals surface area contributed by atoms with Crippen molar-refractivity contribution in [3.63, 3.8) is 0 Å². The van der Waals surface area contributed by atoms with Crippen LogP contribution in [0.2, 0.25) is 5.02 Å². The van der Waals surface area contributed by atoms with E-state index < -0.39 is 5.97 Å². The number of amides is 1. The lowest BCUT2D eigenvalue weighted by Gasteiger charge is -2.07. The highest BCUT2D eigenvalue weighted by atomic mass is 35.5. The summed E-state index contributed by atoms with van der Waals surface area (Å²) in [5.41, 5.74) is 1.26. The first-order valence-electron chi connectivity index (χ1n) is 6.26. The third-order valence-electron chi connectivity index (χ3n) is 3.13. The maximum atomic E-state index is 12.1. The highest BCUT2D eigenvalue weighted by Gasteiger charge is 2.15. The van der Waals surface area contributed by atoms with E-state index in [1.165, 1.54) is 6.07 Å². The minimum atomic E-state index is -1.06. The minimum absolute atomic E-state index is 0.0955. The monoisotopic (exact) mass is 307 g/mol. The molecule has 0 aliphatic carbocycles. The molecular formula is C15H14ClNO4. The summed E-state index contributed by atoms with van der Waals surface area (Å²) in [7, 11) is 0. The SMILES string of the molecule is Cc1oc(CNC(=O)c2cccc(Cl)c2C)cc1C(=O)O. The molecule has 0 fully saturated rings. The molecule has 21 heavy (non-hydrogen) atoms. The Morgan fingerprint density at radius 1 is 1.29 bits per heavy atom. The molecule has 0 atom stereocenters. The highest BCUT2D eigenvalue weighted by molar-refractivity contribution is 6.31. The number of furan rings is 1. The van der Waals surface area contributed by atoms with E-state index in [4.69, 9.17) is 21.1 Å². The Balaban J connectivity index is 2.09. The summed E-state index contributed by atoms with van der Waals surface area (Å²) in [5.74, 6) is -0.649. The molecule has 5 nitrogen and oxygen atoms in total. The fraction of sp³-hybridized carbons (Fsp3) is 0.200. The van der Waals surface area contributed by atoms with Crippen LogP contribution < -0.4 is 5.32 Å². The van der Waals surface area contributed by atoms with Crippen LogP contribution in [0.25, 0.3) is 0 Å².